The molecule has 0 aromatic heterocycles. The van der Waals surface area contributed by atoms with E-state index in [9.17, 15) is 19.0 Å². The monoisotopic (exact) mass is 447 g/mol. The van der Waals surface area contributed by atoms with Gasteiger partial charge in [-0.1, -0.05) is 30.3 Å². The van der Waals surface area contributed by atoms with Gasteiger partial charge in [-0.2, -0.15) is 0 Å². The van der Waals surface area contributed by atoms with Gasteiger partial charge in [0, 0.05) is 25.7 Å². The summed E-state index contributed by atoms with van der Waals surface area (Å²) in [6.45, 7) is 1.70. The minimum absolute atomic E-state index is 0.0711. The van der Waals surface area contributed by atoms with E-state index in [1.54, 1.807) is 0 Å². The number of aliphatic hydroxyl groups is 2. The lowest BCUT2D eigenvalue weighted by atomic mass is 9.76. The van der Waals surface area contributed by atoms with Crippen molar-refractivity contribution in [3.05, 3.63) is 65.7 Å². The van der Waals surface area contributed by atoms with Crippen molar-refractivity contribution in [3.63, 3.8) is 0 Å². The summed E-state index contributed by atoms with van der Waals surface area (Å²) in [5, 5.41) is 22.3. The van der Waals surface area contributed by atoms with E-state index < -0.39 is 22.8 Å². The van der Waals surface area contributed by atoms with Gasteiger partial charge in [-0.05, 0) is 49.3 Å². The first-order valence-electron chi connectivity index (χ1n) is 11.2. The van der Waals surface area contributed by atoms with Crippen LogP contribution < -0.4 is 4.74 Å². The van der Waals surface area contributed by atoms with Crippen molar-refractivity contribution in [2.75, 3.05) is 39.5 Å². The van der Waals surface area contributed by atoms with Crippen LogP contribution in [0.1, 0.15) is 37.2 Å². The Kier molecular flexibility index (Phi) is 7.10. The van der Waals surface area contributed by atoms with E-state index in [2.05, 4.69) is 24.3 Å². The average molecular weight is 448 g/mol. The molecule has 2 aliphatic rings. The van der Waals surface area contributed by atoms with E-state index in [1.165, 1.54) is 11.6 Å². The molecule has 2 fully saturated rings. The molecule has 1 saturated carbocycles. The molecule has 1 aliphatic heterocycles. The Hall–Kier alpha value is -2.06. The molecule has 0 amide bonds. The van der Waals surface area contributed by atoms with Gasteiger partial charge >= 0.3 is 0 Å². The Morgan fingerprint density at radius 3 is 2.47 bits per heavy atom. The molecule has 2 N–H and O–H groups in total. The highest BCUT2D eigenvalue weighted by molar-refractivity contribution is 5.24. The quantitative estimate of drug-likeness (QED) is 0.710. The summed E-state index contributed by atoms with van der Waals surface area (Å²) in [7, 11) is 0. The van der Waals surface area contributed by atoms with Crippen LogP contribution in [0.25, 0.3) is 0 Å². The third-order valence-corrected chi connectivity index (χ3v) is 6.54. The zero-order chi connectivity index (χ0) is 22.6. The number of halogens is 2. The summed E-state index contributed by atoms with van der Waals surface area (Å²) < 4.78 is 37.7. The van der Waals surface area contributed by atoms with Crippen molar-refractivity contribution in [3.8, 4) is 5.75 Å². The molecule has 1 atom stereocenters. The van der Waals surface area contributed by atoms with E-state index in [0.29, 0.717) is 38.5 Å². The molecule has 1 aliphatic carbocycles. The van der Waals surface area contributed by atoms with Gasteiger partial charge in [-0.15, -0.1) is 0 Å². The molecule has 2 aromatic rings. The smallest absolute Gasteiger partial charge is 0.162 e. The van der Waals surface area contributed by atoms with Gasteiger partial charge in [0.05, 0.1) is 18.8 Å². The standard InChI is InChI=1S/C25H31F2NO4/c26-22-7-6-21(14-23(22)27)32-18-25(30)16-28(12-13-31-17-25)15-24(29)10-8-20(9-11-24)19-4-2-1-3-5-19/h1-7,14,20,29-30H,8-13,15-18H2. The van der Waals surface area contributed by atoms with Crippen LogP contribution in [0, 0.1) is 11.6 Å². The maximum Gasteiger partial charge on any atom is 0.162 e. The van der Waals surface area contributed by atoms with Crippen molar-refractivity contribution in [1.29, 1.82) is 0 Å². The van der Waals surface area contributed by atoms with Gasteiger partial charge < -0.3 is 19.7 Å². The average Bonchev–Trinajstić information content (AvgIpc) is 2.97. The number of rotatable bonds is 6. The lowest BCUT2D eigenvalue weighted by Gasteiger charge is -2.40. The number of hydrogen-bond donors (Lipinski definition) is 2. The second-order valence-electron chi connectivity index (χ2n) is 9.26. The SMILES string of the molecule is OC1(CN2CCOCC(O)(COc3ccc(F)c(F)c3)C2)CCC(c2ccccc2)CC1. The molecule has 174 valence electrons. The summed E-state index contributed by atoms with van der Waals surface area (Å²) in [4.78, 5) is 2.02. The van der Waals surface area contributed by atoms with E-state index in [0.717, 1.165) is 25.0 Å². The van der Waals surface area contributed by atoms with E-state index in [-0.39, 0.29) is 25.5 Å². The Labute approximate surface area is 187 Å². The zero-order valence-corrected chi connectivity index (χ0v) is 18.2. The Morgan fingerprint density at radius 2 is 1.75 bits per heavy atom. The molecule has 1 heterocycles. The first-order valence-corrected chi connectivity index (χ1v) is 11.2. The summed E-state index contributed by atoms with van der Waals surface area (Å²) in [5.41, 5.74) is -0.808. The lowest BCUT2D eigenvalue weighted by Crippen LogP contribution is -2.53. The molecule has 0 spiro atoms. The van der Waals surface area contributed by atoms with Gasteiger partial charge in [0.25, 0.3) is 0 Å². The lowest BCUT2D eigenvalue weighted by molar-refractivity contribution is -0.0767. The van der Waals surface area contributed by atoms with E-state index in [4.69, 9.17) is 9.47 Å². The molecule has 32 heavy (non-hydrogen) atoms. The number of hydrogen-bond acceptors (Lipinski definition) is 5. The molecule has 2 aromatic carbocycles. The van der Waals surface area contributed by atoms with Crippen molar-refractivity contribution in [2.45, 2.75) is 42.8 Å². The predicted molar refractivity (Wildman–Crippen MR) is 117 cm³/mol. The Morgan fingerprint density at radius 1 is 1.00 bits per heavy atom. The Bertz CT molecular complexity index is 889. The normalized spacial score (nSPS) is 29.4. The summed E-state index contributed by atoms with van der Waals surface area (Å²) in [5.74, 6) is -1.34. The van der Waals surface area contributed by atoms with Crippen LogP contribution in [-0.2, 0) is 4.74 Å². The molecule has 0 radical (unpaired) electrons. The van der Waals surface area contributed by atoms with Crippen molar-refractivity contribution in [1.82, 2.24) is 4.90 Å². The van der Waals surface area contributed by atoms with Gasteiger partial charge in [0.2, 0.25) is 0 Å². The maximum absolute atomic E-state index is 13.4. The zero-order valence-electron chi connectivity index (χ0n) is 18.2. The van der Waals surface area contributed by atoms with Crippen LogP contribution in [0.4, 0.5) is 8.78 Å². The highest BCUT2D eigenvalue weighted by Crippen LogP contribution is 2.38. The fourth-order valence-corrected chi connectivity index (χ4v) is 4.79. The number of ether oxygens (including phenoxy) is 2. The van der Waals surface area contributed by atoms with Crippen molar-refractivity contribution in [2.24, 2.45) is 0 Å². The first-order chi connectivity index (χ1) is 15.3. The molecule has 7 heteroatoms. The van der Waals surface area contributed by atoms with E-state index >= 15 is 0 Å². The molecule has 5 nitrogen and oxygen atoms in total. The van der Waals surface area contributed by atoms with Crippen molar-refractivity contribution >= 4 is 0 Å². The molecule has 1 unspecified atom stereocenters. The van der Waals surface area contributed by atoms with Gasteiger partial charge in [-0.3, -0.25) is 4.90 Å². The maximum atomic E-state index is 13.4. The van der Waals surface area contributed by atoms with E-state index in [1.807, 2.05) is 11.0 Å². The van der Waals surface area contributed by atoms with Gasteiger partial charge in [-0.25, -0.2) is 8.78 Å². The predicted octanol–water partition coefficient (Wildman–Crippen LogP) is 3.50. The van der Waals surface area contributed by atoms with Crippen LogP contribution in [0.2, 0.25) is 0 Å². The third-order valence-electron chi connectivity index (χ3n) is 6.54. The Balaban J connectivity index is 1.33. The number of nitrogens with zero attached hydrogens (tertiary/aromatic N) is 1. The van der Waals surface area contributed by atoms with Crippen LogP contribution in [0.5, 0.6) is 5.75 Å². The van der Waals surface area contributed by atoms with Gasteiger partial charge in [0.15, 0.2) is 11.6 Å². The molecule has 0 bridgehead atoms. The molecule has 4 rings (SSSR count). The van der Waals surface area contributed by atoms with Crippen LogP contribution >= 0.6 is 0 Å². The topological polar surface area (TPSA) is 62.2 Å². The summed E-state index contributed by atoms with van der Waals surface area (Å²) in [6, 6.07) is 13.7. The number of benzene rings is 2. The minimum Gasteiger partial charge on any atom is -0.490 e. The van der Waals surface area contributed by atoms with Crippen LogP contribution in [0.3, 0.4) is 0 Å². The van der Waals surface area contributed by atoms with Crippen LogP contribution in [0.15, 0.2) is 48.5 Å². The molecular weight excluding hydrogens is 416 g/mol. The summed E-state index contributed by atoms with van der Waals surface area (Å²) in [6.07, 6.45) is 3.25. The van der Waals surface area contributed by atoms with Crippen molar-refractivity contribution < 1.29 is 28.5 Å². The third kappa shape index (κ3) is 5.84. The fraction of sp³-hybridized carbons (Fsp3) is 0.520. The van der Waals surface area contributed by atoms with Gasteiger partial charge in [0.1, 0.15) is 18.0 Å². The molecule has 1 saturated heterocycles. The summed E-state index contributed by atoms with van der Waals surface area (Å²) >= 11 is 0. The fourth-order valence-electron chi connectivity index (χ4n) is 4.79. The highest BCUT2D eigenvalue weighted by atomic mass is 19.2. The number of β-amino-alcohol motifs (C(OH)–C–C–N with tert-alkyl or cyclic N) is 2. The second kappa shape index (κ2) is 9.83. The highest BCUT2D eigenvalue weighted by Gasteiger charge is 2.39. The molecular formula is C25H31F2NO4. The second-order valence-corrected chi connectivity index (χ2v) is 9.26. The largest absolute Gasteiger partial charge is 0.490 e. The first kappa shape index (κ1) is 23.1. The minimum atomic E-state index is -1.32. The van der Waals surface area contributed by atoms with Crippen LogP contribution in [-0.4, -0.2) is 65.8 Å².